The first kappa shape index (κ1) is 27.4. The van der Waals surface area contributed by atoms with E-state index in [2.05, 4.69) is 174 Å². The van der Waals surface area contributed by atoms with E-state index in [1.807, 2.05) is 12.3 Å². The Balaban J connectivity index is 1.22. The van der Waals surface area contributed by atoms with E-state index in [1.165, 1.54) is 88.6 Å². The Hall–Kier alpha value is -6.51. The van der Waals surface area contributed by atoms with Crippen molar-refractivity contribution < 1.29 is 0 Å². The van der Waals surface area contributed by atoms with E-state index < -0.39 is 5.41 Å². The van der Waals surface area contributed by atoms with Crippen molar-refractivity contribution in [2.45, 2.75) is 5.41 Å². The molecule has 2 aromatic heterocycles. The highest BCUT2D eigenvalue weighted by Crippen LogP contribution is 2.65. The maximum absolute atomic E-state index is 4.97. The number of hydrogen-bond acceptors (Lipinski definition) is 1. The molecule has 50 heavy (non-hydrogen) atoms. The lowest BCUT2D eigenvalue weighted by Crippen LogP contribution is -2.29. The molecule has 11 rings (SSSR count). The van der Waals surface area contributed by atoms with E-state index in [9.17, 15) is 0 Å². The second-order valence-electron chi connectivity index (χ2n) is 13.5. The van der Waals surface area contributed by atoms with Crippen LogP contribution in [0, 0.1) is 0 Å². The van der Waals surface area contributed by atoms with Crippen molar-refractivity contribution >= 4 is 21.7 Å². The first-order valence-corrected chi connectivity index (χ1v) is 17.3. The molecular formula is C48H30N2. The zero-order valence-electron chi connectivity index (χ0n) is 27.2. The average Bonchev–Trinajstić information content (AvgIpc) is 3.80. The van der Waals surface area contributed by atoms with Crippen molar-refractivity contribution in [3.8, 4) is 50.3 Å². The standard InChI is InChI=1S/C48H30N2/c1-2-17-35-31(13-1)14-12-21-36(35)34-16-11-15-32(29-34)33-26-27-38-37-18-3-6-22-41(37)48(43(38)30-33)42-23-7-4-19-39(42)46-40-20-5-8-24-44(40)50(47(46)48)45-25-9-10-28-49-45/h1-30H. The fourth-order valence-corrected chi connectivity index (χ4v) is 9.10. The largest absolute Gasteiger partial charge is 0.296 e. The first-order chi connectivity index (χ1) is 24.8. The highest BCUT2D eigenvalue weighted by atomic mass is 15.1. The molecule has 0 saturated heterocycles. The molecule has 0 amide bonds. The molecule has 1 unspecified atom stereocenters. The molecule has 2 heteroatoms. The Labute approximate surface area is 290 Å². The number of fused-ring (bicyclic) bond motifs is 13. The number of pyridine rings is 1. The van der Waals surface area contributed by atoms with Crippen LogP contribution in [0.3, 0.4) is 0 Å². The summed E-state index contributed by atoms with van der Waals surface area (Å²) in [5, 5.41) is 3.78. The molecule has 2 aliphatic rings. The third kappa shape index (κ3) is 3.55. The van der Waals surface area contributed by atoms with Crippen LogP contribution in [-0.2, 0) is 5.41 Å². The Morgan fingerprint density at radius 1 is 0.420 bits per heavy atom. The smallest absolute Gasteiger partial charge is 0.137 e. The Bertz CT molecular complexity index is 2800. The van der Waals surface area contributed by atoms with Gasteiger partial charge in [-0.15, -0.1) is 0 Å². The molecular weight excluding hydrogens is 605 g/mol. The summed E-state index contributed by atoms with van der Waals surface area (Å²) in [6, 6.07) is 64.6. The molecule has 0 radical (unpaired) electrons. The minimum Gasteiger partial charge on any atom is -0.296 e. The number of rotatable bonds is 3. The number of benzene rings is 7. The van der Waals surface area contributed by atoms with Gasteiger partial charge in [0.05, 0.1) is 16.6 Å². The molecule has 232 valence electrons. The van der Waals surface area contributed by atoms with E-state index in [4.69, 9.17) is 4.98 Å². The first-order valence-electron chi connectivity index (χ1n) is 17.3. The van der Waals surface area contributed by atoms with Crippen LogP contribution in [0.15, 0.2) is 182 Å². The topological polar surface area (TPSA) is 17.8 Å². The van der Waals surface area contributed by atoms with Crippen molar-refractivity contribution in [3.05, 3.63) is 205 Å². The molecule has 1 atom stereocenters. The lowest BCUT2D eigenvalue weighted by molar-refractivity contribution is 0.733. The van der Waals surface area contributed by atoms with E-state index in [0.29, 0.717) is 0 Å². The Kier molecular flexibility index (Phi) is 5.62. The monoisotopic (exact) mass is 634 g/mol. The molecule has 2 nitrogen and oxygen atoms in total. The van der Waals surface area contributed by atoms with Gasteiger partial charge in [-0.2, -0.15) is 0 Å². The van der Waals surface area contributed by atoms with Gasteiger partial charge < -0.3 is 0 Å². The SMILES string of the molecule is c1ccc(-n2c3c(c4ccccc42)-c2ccccc2C32c3ccccc3-c3ccc(-c4cccc(-c5cccc6ccccc56)c4)cc32)nc1. The van der Waals surface area contributed by atoms with E-state index in [-0.39, 0.29) is 0 Å². The summed E-state index contributed by atoms with van der Waals surface area (Å²) < 4.78 is 2.43. The van der Waals surface area contributed by atoms with Gasteiger partial charge in [-0.25, -0.2) is 4.98 Å². The predicted molar refractivity (Wildman–Crippen MR) is 206 cm³/mol. The van der Waals surface area contributed by atoms with Gasteiger partial charge in [-0.3, -0.25) is 4.57 Å². The van der Waals surface area contributed by atoms with Gasteiger partial charge in [-0.05, 0) is 96.7 Å². The fraction of sp³-hybridized carbons (Fsp3) is 0.0208. The van der Waals surface area contributed by atoms with E-state index in [1.54, 1.807) is 0 Å². The minimum absolute atomic E-state index is 0.530. The molecule has 0 bridgehead atoms. The van der Waals surface area contributed by atoms with Crippen LogP contribution < -0.4 is 0 Å². The second-order valence-corrected chi connectivity index (χ2v) is 13.5. The summed E-state index contributed by atoms with van der Waals surface area (Å²) in [5.74, 6) is 0.932. The summed E-state index contributed by atoms with van der Waals surface area (Å²) in [7, 11) is 0. The van der Waals surface area contributed by atoms with Crippen LogP contribution in [0.4, 0.5) is 0 Å². The zero-order valence-corrected chi connectivity index (χ0v) is 27.2. The average molecular weight is 635 g/mol. The number of aromatic nitrogens is 2. The van der Waals surface area contributed by atoms with Gasteiger partial charge in [-0.1, -0.05) is 146 Å². The molecule has 0 aliphatic heterocycles. The third-order valence-electron chi connectivity index (χ3n) is 11.1. The van der Waals surface area contributed by atoms with Gasteiger partial charge in [0.25, 0.3) is 0 Å². The molecule has 0 saturated carbocycles. The summed E-state index contributed by atoms with van der Waals surface area (Å²) >= 11 is 0. The predicted octanol–water partition coefficient (Wildman–Crippen LogP) is 11.9. The van der Waals surface area contributed by atoms with Gasteiger partial charge in [0, 0.05) is 17.1 Å². The van der Waals surface area contributed by atoms with Crippen LogP contribution in [0.25, 0.3) is 72.0 Å². The highest BCUT2D eigenvalue weighted by molar-refractivity contribution is 6.07. The van der Waals surface area contributed by atoms with Gasteiger partial charge in [0.1, 0.15) is 5.82 Å². The highest BCUT2D eigenvalue weighted by Gasteiger charge is 2.54. The van der Waals surface area contributed by atoms with Crippen molar-refractivity contribution in [1.29, 1.82) is 0 Å². The van der Waals surface area contributed by atoms with Crippen LogP contribution in [0.5, 0.6) is 0 Å². The van der Waals surface area contributed by atoms with Crippen LogP contribution >= 0.6 is 0 Å². The number of nitrogens with zero attached hydrogens (tertiary/aromatic N) is 2. The lowest BCUT2D eigenvalue weighted by atomic mass is 9.72. The van der Waals surface area contributed by atoms with Crippen LogP contribution in [-0.4, -0.2) is 9.55 Å². The normalized spacial score (nSPS) is 15.3. The van der Waals surface area contributed by atoms with Crippen LogP contribution in [0.2, 0.25) is 0 Å². The molecule has 0 fully saturated rings. The van der Waals surface area contributed by atoms with Gasteiger partial charge in [0.15, 0.2) is 0 Å². The fourth-order valence-electron chi connectivity index (χ4n) is 9.10. The maximum Gasteiger partial charge on any atom is 0.137 e. The third-order valence-corrected chi connectivity index (χ3v) is 11.1. The van der Waals surface area contributed by atoms with Crippen molar-refractivity contribution in [1.82, 2.24) is 9.55 Å². The molecule has 0 N–H and O–H groups in total. The molecule has 7 aromatic carbocycles. The van der Waals surface area contributed by atoms with Crippen molar-refractivity contribution in [2.75, 3.05) is 0 Å². The second kappa shape index (κ2) is 10.2. The molecule has 1 spiro atoms. The van der Waals surface area contributed by atoms with Crippen LogP contribution in [0.1, 0.15) is 22.4 Å². The molecule has 2 heterocycles. The maximum atomic E-state index is 4.97. The molecule has 2 aliphatic carbocycles. The lowest BCUT2D eigenvalue weighted by Gasteiger charge is -2.32. The van der Waals surface area contributed by atoms with Gasteiger partial charge in [0.2, 0.25) is 0 Å². The zero-order chi connectivity index (χ0) is 32.8. The quantitative estimate of drug-likeness (QED) is 0.189. The summed E-state index contributed by atoms with van der Waals surface area (Å²) in [4.78, 5) is 4.97. The van der Waals surface area contributed by atoms with E-state index in [0.717, 1.165) is 5.82 Å². The van der Waals surface area contributed by atoms with Crippen molar-refractivity contribution in [2.24, 2.45) is 0 Å². The van der Waals surface area contributed by atoms with Crippen molar-refractivity contribution in [3.63, 3.8) is 0 Å². The molecule has 9 aromatic rings. The van der Waals surface area contributed by atoms with Gasteiger partial charge >= 0.3 is 0 Å². The minimum atomic E-state index is -0.530. The Morgan fingerprint density at radius 3 is 1.94 bits per heavy atom. The Morgan fingerprint density at radius 2 is 1.06 bits per heavy atom. The number of hydrogen-bond donors (Lipinski definition) is 0. The summed E-state index contributed by atoms with van der Waals surface area (Å²) in [5.41, 5.74) is 15.9. The summed E-state index contributed by atoms with van der Waals surface area (Å²) in [6.07, 6.45) is 1.91. The van der Waals surface area contributed by atoms with E-state index >= 15 is 0 Å². The summed E-state index contributed by atoms with van der Waals surface area (Å²) in [6.45, 7) is 0. The number of para-hydroxylation sites is 1.